The second-order valence-corrected chi connectivity index (χ2v) is 6.65. The number of hydrogen-bond acceptors (Lipinski definition) is 6. The van der Waals surface area contributed by atoms with Crippen LogP contribution in [0.25, 0.3) is 6.08 Å². The van der Waals surface area contributed by atoms with Crippen LogP contribution in [0.15, 0.2) is 60.9 Å². The summed E-state index contributed by atoms with van der Waals surface area (Å²) in [5, 5.41) is 2.47. The number of carbonyl (C=O) groups excluding carboxylic acids is 1. The first-order valence-corrected chi connectivity index (χ1v) is 9.53. The largest absolute Gasteiger partial charge is 0.573 e. The molecule has 0 radical (unpaired) electrons. The van der Waals surface area contributed by atoms with Gasteiger partial charge in [-0.2, -0.15) is 13.2 Å². The highest BCUT2D eigenvalue weighted by Crippen LogP contribution is 2.34. The summed E-state index contributed by atoms with van der Waals surface area (Å²) in [5.41, 5.74) is -0.454. The number of nitrogens with one attached hydrogen (secondary N) is 1. The molecule has 3 aromatic rings. The molecule has 1 N–H and O–H groups in total. The van der Waals surface area contributed by atoms with E-state index in [2.05, 4.69) is 20.0 Å². The van der Waals surface area contributed by atoms with Gasteiger partial charge < -0.3 is 19.5 Å². The smallest absolute Gasteiger partial charge is 0.493 e. The third kappa shape index (κ3) is 7.62. The molecule has 35 heavy (non-hydrogen) atoms. The number of anilines is 1. The highest BCUT2D eigenvalue weighted by Gasteiger charge is 2.33. The van der Waals surface area contributed by atoms with Crippen molar-refractivity contribution in [3.05, 3.63) is 72.2 Å². The summed E-state index contributed by atoms with van der Waals surface area (Å²) in [6.45, 7) is 0. The van der Waals surface area contributed by atoms with Gasteiger partial charge in [0, 0.05) is 17.8 Å². The number of methoxy groups -OCH3 is 1. The highest BCUT2D eigenvalue weighted by molar-refractivity contribution is 6.02. The van der Waals surface area contributed by atoms with E-state index in [-0.39, 0.29) is 23.1 Å². The van der Waals surface area contributed by atoms with E-state index in [0.717, 1.165) is 24.5 Å². The molecule has 0 aliphatic heterocycles. The van der Waals surface area contributed by atoms with Gasteiger partial charge in [-0.25, -0.2) is 9.97 Å². The number of carbonyl (C=O) groups is 1. The summed E-state index contributed by atoms with van der Waals surface area (Å²) in [6, 6.07) is 9.59. The average molecular weight is 499 g/mol. The van der Waals surface area contributed by atoms with Gasteiger partial charge in [-0.05, 0) is 48.0 Å². The first kappa shape index (κ1) is 25.3. The van der Waals surface area contributed by atoms with Gasteiger partial charge in [-0.3, -0.25) is 4.79 Å². The van der Waals surface area contributed by atoms with E-state index in [0.29, 0.717) is 11.6 Å². The van der Waals surface area contributed by atoms with Crippen LogP contribution in [0.4, 0.5) is 32.0 Å². The molecular formula is C22H15F6N3O4. The molecule has 13 heteroatoms. The molecule has 0 fully saturated rings. The molecule has 3 rings (SSSR count). The summed E-state index contributed by atoms with van der Waals surface area (Å²) < 4.78 is 89.3. The van der Waals surface area contributed by atoms with Gasteiger partial charge >= 0.3 is 12.5 Å². The molecule has 1 heterocycles. The Labute approximate surface area is 194 Å². The van der Waals surface area contributed by atoms with Gasteiger partial charge in [0.15, 0.2) is 17.2 Å². The maximum atomic E-state index is 12.8. The number of halogens is 6. The van der Waals surface area contributed by atoms with Crippen LogP contribution in [-0.4, -0.2) is 29.3 Å². The maximum Gasteiger partial charge on any atom is 0.573 e. The minimum absolute atomic E-state index is 0.0714. The Hall–Kier alpha value is -4.29. The highest BCUT2D eigenvalue weighted by atomic mass is 19.4. The Bertz CT molecular complexity index is 1210. The molecule has 0 spiro atoms. The Morgan fingerprint density at radius 1 is 0.943 bits per heavy atom. The predicted octanol–water partition coefficient (Wildman–Crippen LogP) is 5.85. The zero-order chi connectivity index (χ0) is 25.6. The number of alkyl halides is 6. The number of hydrogen-bond donors (Lipinski definition) is 1. The molecule has 0 atom stereocenters. The molecule has 2 aromatic carbocycles. The van der Waals surface area contributed by atoms with Crippen molar-refractivity contribution in [1.29, 1.82) is 0 Å². The summed E-state index contributed by atoms with van der Waals surface area (Å²) in [7, 11) is 1.32. The van der Waals surface area contributed by atoms with Crippen molar-refractivity contribution in [2.75, 3.05) is 12.4 Å². The lowest BCUT2D eigenvalue weighted by molar-refractivity contribution is -0.274. The van der Waals surface area contributed by atoms with E-state index >= 15 is 0 Å². The van der Waals surface area contributed by atoms with Crippen LogP contribution in [0.1, 0.15) is 11.3 Å². The Balaban J connectivity index is 1.66. The van der Waals surface area contributed by atoms with E-state index in [9.17, 15) is 31.1 Å². The van der Waals surface area contributed by atoms with E-state index < -0.39 is 29.9 Å². The standard InChI is InChI=1S/C22H15F6N3O4/c1-33-17-10-13(2-8-16(17)34-20-11-18(21(23,24)25)29-12-30-20)3-9-19(32)31-14-4-6-15(7-5-14)35-22(26,27)28/h2-12H,1H3,(H,31,32). The zero-order valence-corrected chi connectivity index (χ0v) is 17.6. The fraction of sp³-hybridized carbons (Fsp3) is 0.136. The molecule has 0 saturated heterocycles. The average Bonchev–Trinajstić information content (AvgIpc) is 2.78. The van der Waals surface area contributed by atoms with Crippen molar-refractivity contribution in [2.45, 2.75) is 12.5 Å². The van der Waals surface area contributed by atoms with Crippen molar-refractivity contribution in [3.8, 4) is 23.1 Å². The predicted molar refractivity (Wildman–Crippen MR) is 111 cm³/mol. The van der Waals surface area contributed by atoms with Crippen molar-refractivity contribution in [1.82, 2.24) is 9.97 Å². The molecular weight excluding hydrogens is 484 g/mol. The number of nitrogens with zero attached hydrogens (tertiary/aromatic N) is 2. The minimum atomic E-state index is -4.82. The first-order valence-electron chi connectivity index (χ1n) is 9.53. The number of aromatic nitrogens is 2. The first-order chi connectivity index (χ1) is 16.4. The number of benzene rings is 2. The molecule has 0 saturated carbocycles. The zero-order valence-electron chi connectivity index (χ0n) is 17.6. The quantitative estimate of drug-likeness (QED) is 0.325. The molecule has 0 aliphatic carbocycles. The molecule has 1 aromatic heterocycles. The van der Waals surface area contributed by atoms with Gasteiger partial charge in [0.25, 0.3) is 0 Å². The third-order valence-corrected chi connectivity index (χ3v) is 4.12. The fourth-order valence-corrected chi connectivity index (χ4v) is 2.63. The second-order valence-electron chi connectivity index (χ2n) is 6.65. The van der Waals surface area contributed by atoms with E-state index in [1.165, 1.54) is 43.5 Å². The summed E-state index contributed by atoms with van der Waals surface area (Å²) >= 11 is 0. The second kappa shape index (κ2) is 10.3. The number of rotatable bonds is 7. The van der Waals surface area contributed by atoms with Gasteiger partial charge in [-0.1, -0.05) is 6.07 Å². The lowest BCUT2D eigenvalue weighted by atomic mass is 10.2. The van der Waals surface area contributed by atoms with Crippen molar-refractivity contribution in [2.24, 2.45) is 0 Å². The van der Waals surface area contributed by atoms with Crippen molar-refractivity contribution >= 4 is 17.7 Å². The van der Waals surface area contributed by atoms with Crippen LogP contribution in [0.5, 0.6) is 23.1 Å². The summed E-state index contributed by atoms with van der Waals surface area (Å²) in [4.78, 5) is 18.9. The van der Waals surface area contributed by atoms with Gasteiger partial charge in [0.05, 0.1) is 7.11 Å². The summed E-state index contributed by atoms with van der Waals surface area (Å²) in [5.74, 6) is -1.13. The number of amides is 1. The lowest BCUT2D eigenvalue weighted by Crippen LogP contribution is -2.17. The molecule has 0 unspecified atom stereocenters. The van der Waals surface area contributed by atoms with Gasteiger partial charge in [0.1, 0.15) is 12.1 Å². The van der Waals surface area contributed by atoms with Crippen LogP contribution in [0.2, 0.25) is 0 Å². The third-order valence-electron chi connectivity index (χ3n) is 4.12. The Kier molecular flexibility index (Phi) is 7.47. The monoisotopic (exact) mass is 499 g/mol. The Morgan fingerprint density at radius 2 is 1.66 bits per heavy atom. The van der Waals surface area contributed by atoms with Crippen LogP contribution < -0.4 is 19.5 Å². The van der Waals surface area contributed by atoms with Gasteiger partial charge in [-0.15, -0.1) is 13.2 Å². The van der Waals surface area contributed by atoms with Crippen LogP contribution in [0, 0.1) is 0 Å². The van der Waals surface area contributed by atoms with Crippen molar-refractivity contribution < 1.29 is 45.3 Å². The maximum absolute atomic E-state index is 12.8. The molecule has 7 nitrogen and oxygen atoms in total. The van der Waals surface area contributed by atoms with E-state index in [1.807, 2.05) is 0 Å². The van der Waals surface area contributed by atoms with Crippen LogP contribution >= 0.6 is 0 Å². The number of ether oxygens (including phenoxy) is 3. The lowest BCUT2D eigenvalue weighted by Gasteiger charge is -2.11. The normalized spacial score (nSPS) is 11.9. The topological polar surface area (TPSA) is 82.6 Å². The van der Waals surface area contributed by atoms with E-state index in [1.54, 1.807) is 0 Å². The summed E-state index contributed by atoms with van der Waals surface area (Å²) in [6.07, 6.45) is -6.20. The van der Waals surface area contributed by atoms with Crippen LogP contribution in [0.3, 0.4) is 0 Å². The van der Waals surface area contributed by atoms with Crippen molar-refractivity contribution in [3.63, 3.8) is 0 Å². The fourth-order valence-electron chi connectivity index (χ4n) is 2.63. The minimum Gasteiger partial charge on any atom is -0.493 e. The SMILES string of the molecule is COc1cc(C=CC(=O)Nc2ccc(OC(F)(F)F)cc2)ccc1Oc1cc(C(F)(F)F)ncn1. The Morgan fingerprint density at radius 3 is 2.29 bits per heavy atom. The molecule has 0 aliphatic rings. The van der Waals surface area contributed by atoms with Crippen LogP contribution in [-0.2, 0) is 11.0 Å². The molecule has 184 valence electrons. The van der Waals surface area contributed by atoms with Gasteiger partial charge in [0.2, 0.25) is 11.8 Å². The van der Waals surface area contributed by atoms with E-state index in [4.69, 9.17) is 9.47 Å². The molecule has 1 amide bonds. The molecule has 0 bridgehead atoms.